The third-order valence-corrected chi connectivity index (χ3v) is 5.92. The van der Waals surface area contributed by atoms with Crippen molar-refractivity contribution < 1.29 is 18.3 Å². The summed E-state index contributed by atoms with van der Waals surface area (Å²) in [5, 5.41) is 9.30. The fourth-order valence-corrected chi connectivity index (χ4v) is 4.41. The number of aliphatic hydroxyl groups excluding tert-OH is 1. The van der Waals surface area contributed by atoms with Gasteiger partial charge in [-0.25, -0.2) is 13.1 Å². The van der Waals surface area contributed by atoms with Crippen molar-refractivity contribution in [3.63, 3.8) is 0 Å². The number of methoxy groups -OCH3 is 1. The minimum atomic E-state index is -3.59. The second kappa shape index (κ2) is 9.16. The lowest BCUT2D eigenvalue weighted by molar-refractivity contribution is 0.273. The van der Waals surface area contributed by atoms with E-state index < -0.39 is 10.0 Å². The molecule has 2 N–H and O–H groups in total. The average Bonchev–Trinajstić information content (AvgIpc) is 2.61. The Bertz CT molecular complexity index is 796. The molecule has 0 aliphatic rings. The number of hydrogen-bond acceptors (Lipinski definition) is 4. The lowest BCUT2D eigenvalue weighted by Gasteiger charge is -2.17. The van der Waals surface area contributed by atoms with E-state index in [0.717, 1.165) is 16.7 Å². The zero-order chi connectivity index (χ0) is 19.2. The summed E-state index contributed by atoms with van der Waals surface area (Å²) in [5.41, 5.74) is 2.68. The molecule has 26 heavy (non-hydrogen) atoms. The average molecular weight is 378 g/mol. The Morgan fingerprint density at radius 1 is 1.08 bits per heavy atom. The first-order valence-corrected chi connectivity index (χ1v) is 10.2. The minimum Gasteiger partial charge on any atom is -0.496 e. The molecule has 0 saturated heterocycles. The molecule has 5 nitrogen and oxygen atoms in total. The summed E-state index contributed by atoms with van der Waals surface area (Å²) < 4.78 is 33.2. The number of nitrogens with one attached hydrogen (secondary N) is 1. The van der Waals surface area contributed by atoms with Crippen LogP contribution in [0, 0.1) is 13.8 Å². The molecule has 0 spiro atoms. The summed E-state index contributed by atoms with van der Waals surface area (Å²) in [4.78, 5) is 0.242. The molecule has 0 heterocycles. The van der Waals surface area contributed by atoms with Gasteiger partial charge in [0.1, 0.15) is 5.75 Å². The number of aryl methyl sites for hydroxylation is 2. The first-order valence-electron chi connectivity index (χ1n) is 8.69. The van der Waals surface area contributed by atoms with Crippen molar-refractivity contribution in [1.29, 1.82) is 0 Å². The lowest BCUT2D eigenvalue weighted by atomic mass is 9.93. The Morgan fingerprint density at radius 2 is 1.69 bits per heavy atom. The monoisotopic (exact) mass is 377 g/mol. The summed E-state index contributed by atoms with van der Waals surface area (Å²) >= 11 is 0. The van der Waals surface area contributed by atoms with E-state index in [1.54, 1.807) is 19.2 Å². The summed E-state index contributed by atoms with van der Waals surface area (Å²) in [6.07, 6.45) is 1.23. The smallest absolute Gasteiger partial charge is 0.240 e. The van der Waals surface area contributed by atoms with Crippen LogP contribution in [0.3, 0.4) is 0 Å². The van der Waals surface area contributed by atoms with Crippen LogP contribution in [0.25, 0.3) is 0 Å². The van der Waals surface area contributed by atoms with Gasteiger partial charge in [-0.05, 0) is 61.4 Å². The standard InChI is InChI=1S/C20H27NO4S/c1-15-13-19(14-16(2)20(15)25-3)26(23,24)21-11-9-18(10-12-22)17-7-5-4-6-8-17/h4-8,13-14,18,21-22H,9-12H2,1-3H3/t18-/m0/s1. The molecule has 0 aliphatic heterocycles. The Balaban J connectivity index is 2.08. The number of sulfonamides is 1. The Hall–Kier alpha value is -1.89. The maximum atomic E-state index is 12.6. The predicted molar refractivity (Wildman–Crippen MR) is 103 cm³/mol. The molecular formula is C20H27NO4S. The topological polar surface area (TPSA) is 75.6 Å². The van der Waals surface area contributed by atoms with E-state index in [0.29, 0.717) is 25.1 Å². The quantitative estimate of drug-likeness (QED) is 0.704. The molecule has 0 bridgehead atoms. The van der Waals surface area contributed by atoms with Crippen molar-refractivity contribution >= 4 is 10.0 Å². The second-order valence-corrected chi connectivity index (χ2v) is 8.16. The summed E-state index contributed by atoms with van der Waals surface area (Å²) in [7, 11) is -2.02. The van der Waals surface area contributed by atoms with Crippen molar-refractivity contribution in [3.8, 4) is 5.75 Å². The van der Waals surface area contributed by atoms with Gasteiger partial charge in [0, 0.05) is 13.2 Å². The molecule has 0 aromatic heterocycles. The summed E-state index contributed by atoms with van der Waals surface area (Å²) in [5.74, 6) is 0.819. The molecule has 0 fully saturated rings. The van der Waals surface area contributed by atoms with Gasteiger partial charge in [-0.3, -0.25) is 0 Å². The molecule has 0 unspecified atom stereocenters. The van der Waals surface area contributed by atoms with Gasteiger partial charge in [0.25, 0.3) is 0 Å². The third-order valence-electron chi connectivity index (χ3n) is 4.48. The molecule has 6 heteroatoms. The number of hydrogen-bond donors (Lipinski definition) is 2. The maximum absolute atomic E-state index is 12.6. The normalized spacial score (nSPS) is 12.8. The van der Waals surface area contributed by atoms with Gasteiger partial charge < -0.3 is 9.84 Å². The largest absolute Gasteiger partial charge is 0.496 e. The third kappa shape index (κ3) is 5.06. The SMILES string of the molecule is COc1c(C)cc(S(=O)(=O)NCC[C@@H](CCO)c2ccccc2)cc1C. The highest BCUT2D eigenvalue weighted by atomic mass is 32.2. The molecule has 0 amide bonds. The van der Waals surface area contributed by atoms with E-state index in [2.05, 4.69) is 4.72 Å². The highest BCUT2D eigenvalue weighted by Gasteiger charge is 2.18. The van der Waals surface area contributed by atoms with Crippen LogP contribution in [0.15, 0.2) is 47.4 Å². The van der Waals surface area contributed by atoms with Gasteiger partial charge in [0.2, 0.25) is 10.0 Å². The zero-order valence-electron chi connectivity index (χ0n) is 15.5. The van der Waals surface area contributed by atoms with Crippen LogP contribution in [-0.4, -0.2) is 33.8 Å². The molecule has 2 rings (SSSR count). The molecular weight excluding hydrogens is 350 g/mol. The highest BCUT2D eigenvalue weighted by Crippen LogP contribution is 2.27. The molecule has 0 aliphatic carbocycles. The summed E-state index contributed by atoms with van der Waals surface area (Å²) in [6.45, 7) is 4.05. The molecule has 1 atom stereocenters. The van der Waals surface area contributed by atoms with E-state index in [9.17, 15) is 13.5 Å². The molecule has 0 radical (unpaired) electrons. The van der Waals surface area contributed by atoms with Crippen LogP contribution < -0.4 is 9.46 Å². The van der Waals surface area contributed by atoms with Crippen LogP contribution in [0.5, 0.6) is 5.75 Å². The molecule has 2 aromatic carbocycles. The van der Waals surface area contributed by atoms with Crippen molar-refractivity contribution in [3.05, 3.63) is 59.2 Å². The second-order valence-electron chi connectivity index (χ2n) is 6.40. The predicted octanol–water partition coefficient (Wildman–Crippen LogP) is 3.15. The van der Waals surface area contributed by atoms with Crippen molar-refractivity contribution in [2.75, 3.05) is 20.3 Å². The van der Waals surface area contributed by atoms with E-state index in [1.807, 2.05) is 44.2 Å². The van der Waals surface area contributed by atoms with Crippen LogP contribution >= 0.6 is 0 Å². The van der Waals surface area contributed by atoms with Gasteiger partial charge in [-0.15, -0.1) is 0 Å². The molecule has 142 valence electrons. The van der Waals surface area contributed by atoms with Gasteiger partial charge in [-0.2, -0.15) is 0 Å². The Labute approximate surface area is 156 Å². The van der Waals surface area contributed by atoms with E-state index >= 15 is 0 Å². The Kier molecular flexibility index (Phi) is 7.20. The number of aliphatic hydroxyl groups is 1. The van der Waals surface area contributed by atoms with E-state index in [1.165, 1.54) is 0 Å². The number of ether oxygens (including phenoxy) is 1. The van der Waals surface area contributed by atoms with Crippen LogP contribution in [0.4, 0.5) is 0 Å². The fourth-order valence-electron chi connectivity index (χ4n) is 3.20. The van der Waals surface area contributed by atoms with Crippen LogP contribution in [0.1, 0.15) is 35.4 Å². The van der Waals surface area contributed by atoms with Crippen LogP contribution in [0.2, 0.25) is 0 Å². The number of rotatable bonds is 9. The highest BCUT2D eigenvalue weighted by molar-refractivity contribution is 7.89. The number of benzene rings is 2. The Morgan fingerprint density at radius 3 is 2.23 bits per heavy atom. The van der Waals surface area contributed by atoms with E-state index in [-0.39, 0.29) is 17.4 Å². The van der Waals surface area contributed by atoms with Crippen LogP contribution in [-0.2, 0) is 10.0 Å². The van der Waals surface area contributed by atoms with E-state index in [4.69, 9.17) is 4.74 Å². The summed E-state index contributed by atoms with van der Waals surface area (Å²) in [6, 6.07) is 13.1. The van der Waals surface area contributed by atoms with Crippen molar-refractivity contribution in [2.45, 2.75) is 37.5 Å². The first-order chi connectivity index (χ1) is 12.4. The van der Waals surface area contributed by atoms with Gasteiger partial charge in [0.15, 0.2) is 0 Å². The minimum absolute atomic E-state index is 0.0726. The first kappa shape index (κ1) is 20.4. The fraction of sp³-hybridized carbons (Fsp3) is 0.400. The maximum Gasteiger partial charge on any atom is 0.240 e. The van der Waals surface area contributed by atoms with Crippen molar-refractivity contribution in [2.24, 2.45) is 0 Å². The zero-order valence-corrected chi connectivity index (χ0v) is 16.3. The van der Waals surface area contributed by atoms with Crippen molar-refractivity contribution in [1.82, 2.24) is 4.72 Å². The molecule has 0 saturated carbocycles. The molecule has 2 aromatic rings. The van der Waals surface area contributed by atoms with Gasteiger partial charge in [0.05, 0.1) is 12.0 Å². The lowest BCUT2D eigenvalue weighted by Crippen LogP contribution is -2.26. The van der Waals surface area contributed by atoms with Gasteiger partial charge in [-0.1, -0.05) is 30.3 Å². The van der Waals surface area contributed by atoms with Gasteiger partial charge >= 0.3 is 0 Å².